The molecule has 0 radical (unpaired) electrons. The van der Waals surface area contributed by atoms with E-state index >= 15 is 0 Å². The van der Waals surface area contributed by atoms with Crippen molar-refractivity contribution < 1.29 is 13.2 Å². The molecule has 116 valence electrons. The highest BCUT2D eigenvalue weighted by Crippen LogP contribution is 2.22. The molecule has 4 nitrogen and oxygen atoms in total. The van der Waals surface area contributed by atoms with Crippen LogP contribution in [0.2, 0.25) is 0 Å². The van der Waals surface area contributed by atoms with Gasteiger partial charge in [-0.1, -0.05) is 26.0 Å². The van der Waals surface area contributed by atoms with Crippen LogP contribution in [-0.4, -0.2) is 25.8 Å². The number of anilines is 1. The molecule has 1 N–H and O–H groups in total. The van der Waals surface area contributed by atoms with Crippen LogP contribution in [0.15, 0.2) is 24.3 Å². The first kappa shape index (κ1) is 16.0. The third-order valence-electron chi connectivity index (χ3n) is 3.89. The second-order valence-corrected chi connectivity index (χ2v) is 8.38. The zero-order chi connectivity index (χ0) is 15.5. The van der Waals surface area contributed by atoms with Crippen molar-refractivity contribution in [3.05, 3.63) is 29.8 Å². The lowest BCUT2D eigenvalue weighted by Crippen LogP contribution is -2.28. The lowest BCUT2D eigenvalue weighted by molar-refractivity contribution is -0.117. The lowest BCUT2D eigenvalue weighted by Gasteiger charge is -2.21. The topological polar surface area (TPSA) is 63.2 Å². The van der Waals surface area contributed by atoms with Crippen LogP contribution in [0.5, 0.6) is 0 Å². The summed E-state index contributed by atoms with van der Waals surface area (Å²) in [5.41, 5.74) is 1.99. The van der Waals surface area contributed by atoms with Crippen molar-refractivity contribution in [3.8, 4) is 0 Å². The summed E-state index contributed by atoms with van der Waals surface area (Å²) in [5, 5.41) is 2.85. The molecule has 1 atom stereocenters. The summed E-state index contributed by atoms with van der Waals surface area (Å²) in [7, 11) is -2.95. The highest BCUT2D eigenvalue weighted by Gasteiger charge is 2.26. The summed E-state index contributed by atoms with van der Waals surface area (Å²) in [6.07, 6.45) is 1.77. The molecular formula is C16H23NO3S. The summed E-state index contributed by atoms with van der Waals surface area (Å²) in [6.45, 7) is 4.24. The predicted octanol–water partition coefficient (Wildman–Crippen LogP) is 2.96. The third-order valence-corrected chi connectivity index (χ3v) is 5.78. The van der Waals surface area contributed by atoms with E-state index in [9.17, 15) is 13.2 Å². The van der Waals surface area contributed by atoms with Gasteiger partial charge in [0.25, 0.3) is 0 Å². The van der Waals surface area contributed by atoms with Crippen molar-refractivity contribution in [2.24, 2.45) is 5.92 Å². The quantitative estimate of drug-likeness (QED) is 0.930. The molecule has 1 fully saturated rings. The van der Waals surface area contributed by atoms with Gasteiger partial charge in [-0.05, 0) is 42.4 Å². The van der Waals surface area contributed by atoms with Crippen LogP contribution in [-0.2, 0) is 14.6 Å². The van der Waals surface area contributed by atoms with Crippen LogP contribution in [0.4, 0.5) is 5.69 Å². The van der Waals surface area contributed by atoms with E-state index in [0.29, 0.717) is 12.3 Å². The van der Waals surface area contributed by atoms with Gasteiger partial charge in [-0.3, -0.25) is 4.79 Å². The first-order valence-electron chi connectivity index (χ1n) is 7.46. The van der Waals surface area contributed by atoms with Gasteiger partial charge < -0.3 is 5.32 Å². The van der Waals surface area contributed by atoms with Gasteiger partial charge in [-0.2, -0.15) is 0 Å². The summed E-state index contributed by atoms with van der Waals surface area (Å²) in [4.78, 5) is 12.0. The van der Waals surface area contributed by atoms with Gasteiger partial charge in [0.1, 0.15) is 0 Å². The van der Waals surface area contributed by atoms with Gasteiger partial charge in [-0.15, -0.1) is 0 Å². The number of carbonyl (C=O) groups excluding carboxylic acids is 1. The molecule has 1 saturated heterocycles. The summed E-state index contributed by atoms with van der Waals surface area (Å²) >= 11 is 0. The largest absolute Gasteiger partial charge is 0.326 e. The van der Waals surface area contributed by atoms with Crippen LogP contribution in [0.25, 0.3) is 0 Å². The fraction of sp³-hybridized carbons (Fsp3) is 0.562. The van der Waals surface area contributed by atoms with Crippen molar-refractivity contribution in [3.63, 3.8) is 0 Å². The molecule has 2 rings (SSSR count). The summed E-state index contributed by atoms with van der Waals surface area (Å²) in [5.74, 6) is 0.726. The number of hydrogen-bond donors (Lipinski definition) is 1. The van der Waals surface area contributed by atoms with Crippen molar-refractivity contribution in [2.45, 2.75) is 39.0 Å². The number of sulfone groups is 1. The number of carbonyl (C=O) groups is 1. The Labute approximate surface area is 126 Å². The van der Waals surface area contributed by atoms with E-state index in [-0.39, 0.29) is 29.8 Å². The normalized spacial score (nSPS) is 21.2. The number of benzene rings is 1. The minimum Gasteiger partial charge on any atom is -0.326 e. The number of nitrogens with one attached hydrogen (secondary N) is 1. The minimum absolute atomic E-state index is 0.0429. The van der Waals surface area contributed by atoms with E-state index in [2.05, 4.69) is 19.2 Å². The summed E-state index contributed by atoms with van der Waals surface area (Å²) in [6, 6.07) is 7.80. The van der Waals surface area contributed by atoms with Gasteiger partial charge in [0.2, 0.25) is 5.91 Å². The molecule has 1 aromatic carbocycles. The molecule has 1 unspecified atom stereocenters. The summed E-state index contributed by atoms with van der Waals surface area (Å²) < 4.78 is 23.1. The molecule has 1 aliphatic rings. The number of rotatable bonds is 4. The van der Waals surface area contributed by atoms with Crippen LogP contribution in [0.3, 0.4) is 0 Å². The smallest absolute Gasteiger partial charge is 0.224 e. The molecule has 0 aliphatic carbocycles. The zero-order valence-corrected chi connectivity index (χ0v) is 13.4. The van der Waals surface area contributed by atoms with E-state index in [1.54, 1.807) is 0 Å². The average Bonchev–Trinajstić information content (AvgIpc) is 2.37. The van der Waals surface area contributed by atoms with Gasteiger partial charge in [-0.25, -0.2) is 8.42 Å². The average molecular weight is 309 g/mol. The molecule has 0 saturated carbocycles. The van der Waals surface area contributed by atoms with Gasteiger partial charge in [0, 0.05) is 12.1 Å². The highest BCUT2D eigenvalue weighted by molar-refractivity contribution is 7.91. The van der Waals surface area contributed by atoms with Crippen molar-refractivity contribution in [1.82, 2.24) is 0 Å². The fourth-order valence-electron chi connectivity index (χ4n) is 2.70. The lowest BCUT2D eigenvalue weighted by atomic mass is 10.0. The molecule has 1 aromatic rings. The van der Waals surface area contributed by atoms with Crippen molar-refractivity contribution in [1.29, 1.82) is 0 Å². The SMILES string of the molecule is CC(C)c1ccc(NC(=O)CC2CCCS(=O)(=O)C2)cc1. The van der Waals surface area contributed by atoms with Crippen LogP contribution >= 0.6 is 0 Å². The maximum atomic E-state index is 12.0. The Kier molecular flexibility index (Phi) is 5.04. The van der Waals surface area contributed by atoms with Gasteiger partial charge in [0.15, 0.2) is 9.84 Å². The third kappa shape index (κ3) is 4.84. The second kappa shape index (κ2) is 6.60. The fourth-order valence-corrected chi connectivity index (χ4v) is 4.48. The Morgan fingerprint density at radius 2 is 1.95 bits per heavy atom. The minimum atomic E-state index is -2.95. The van der Waals surface area contributed by atoms with E-state index < -0.39 is 9.84 Å². The predicted molar refractivity (Wildman–Crippen MR) is 85.2 cm³/mol. The monoisotopic (exact) mass is 309 g/mol. The first-order chi connectivity index (χ1) is 9.85. The maximum Gasteiger partial charge on any atom is 0.224 e. The Morgan fingerprint density at radius 3 is 2.52 bits per heavy atom. The molecule has 0 bridgehead atoms. The molecule has 1 aliphatic heterocycles. The van der Waals surface area contributed by atoms with E-state index in [0.717, 1.165) is 12.1 Å². The van der Waals surface area contributed by atoms with Crippen molar-refractivity contribution >= 4 is 21.4 Å². The Hall–Kier alpha value is -1.36. The Morgan fingerprint density at radius 1 is 1.29 bits per heavy atom. The second-order valence-electron chi connectivity index (χ2n) is 6.15. The number of hydrogen-bond acceptors (Lipinski definition) is 3. The Bertz CT molecular complexity index is 590. The van der Waals surface area contributed by atoms with Gasteiger partial charge in [0.05, 0.1) is 11.5 Å². The van der Waals surface area contributed by atoms with Crippen LogP contribution in [0, 0.1) is 5.92 Å². The molecule has 0 aromatic heterocycles. The first-order valence-corrected chi connectivity index (χ1v) is 9.28. The molecule has 21 heavy (non-hydrogen) atoms. The molecule has 1 amide bonds. The van der Waals surface area contributed by atoms with E-state index in [1.165, 1.54) is 5.56 Å². The molecule has 1 heterocycles. The van der Waals surface area contributed by atoms with Crippen LogP contribution in [0.1, 0.15) is 44.6 Å². The number of amides is 1. The molecule has 0 spiro atoms. The van der Waals surface area contributed by atoms with E-state index in [4.69, 9.17) is 0 Å². The van der Waals surface area contributed by atoms with E-state index in [1.807, 2.05) is 24.3 Å². The van der Waals surface area contributed by atoms with Gasteiger partial charge >= 0.3 is 0 Å². The molecular weight excluding hydrogens is 286 g/mol. The Balaban J connectivity index is 1.89. The zero-order valence-electron chi connectivity index (χ0n) is 12.6. The highest BCUT2D eigenvalue weighted by atomic mass is 32.2. The molecule has 5 heteroatoms. The van der Waals surface area contributed by atoms with Crippen molar-refractivity contribution in [2.75, 3.05) is 16.8 Å². The standard InChI is InChI=1S/C16H23NO3S/c1-12(2)14-5-7-15(8-6-14)17-16(18)10-13-4-3-9-21(19,20)11-13/h5-8,12-13H,3-4,9-11H2,1-2H3,(H,17,18). The van der Waals surface area contributed by atoms with Crippen LogP contribution < -0.4 is 5.32 Å². The maximum absolute atomic E-state index is 12.0.